The maximum Gasteiger partial charge on any atom is 0.417 e. The third-order valence-corrected chi connectivity index (χ3v) is 2.43. The number of aliphatic imine (C=N–C) groups is 1. The number of nitrogens with two attached hydrogens (primary N) is 2. The Hall–Kier alpha value is -2.50. The Morgan fingerprint density at radius 3 is 2.72 bits per heavy atom. The van der Waals surface area contributed by atoms with Gasteiger partial charge < -0.3 is 16.2 Å². The highest BCUT2D eigenvalue weighted by atomic mass is 16.6. The van der Waals surface area contributed by atoms with E-state index in [2.05, 4.69) is 4.99 Å². The van der Waals surface area contributed by atoms with E-state index in [0.29, 0.717) is 5.84 Å². The Kier molecular flexibility index (Phi) is 3.47. The lowest BCUT2D eigenvalue weighted by atomic mass is 10.2. The van der Waals surface area contributed by atoms with Gasteiger partial charge in [-0.25, -0.2) is 14.7 Å². The fraction of sp³-hybridized carbons (Fsp3) is 0.167. The van der Waals surface area contributed by atoms with Crippen LogP contribution in [0.25, 0.3) is 0 Å². The van der Waals surface area contributed by atoms with Crippen LogP contribution in [0.4, 0.5) is 4.79 Å². The second-order valence-electron chi connectivity index (χ2n) is 3.76. The topological polar surface area (TPSA) is 93.9 Å². The van der Waals surface area contributed by atoms with Crippen molar-refractivity contribution in [3.05, 3.63) is 47.8 Å². The van der Waals surface area contributed by atoms with Gasteiger partial charge in [0.05, 0.1) is 0 Å². The summed E-state index contributed by atoms with van der Waals surface area (Å²) in [6.45, 7) is 0.282. The molecule has 0 saturated carbocycles. The van der Waals surface area contributed by atoms with Gasteiger partial charge >= 0.3 is 6.09 Å². The van der Waals surface area contributed by atoms with E-state index in [4.69, 9.17) is 16.2 Å². The lowest BCUT2D eigenvalue weighted by Gasteiger charge is -2.22. The molecule has 1 heterocycles. The quantitative estimate of drug-likeness (QED) is 0.805. The largest absolute Gasteiger partial charge is 0.444 e. The van der Waals surface area contributed by atoms with Gasteiger partial charge in [-0.2, -0.15) is 0 Å². The van der Waals surface area contributed by atoms with Crippen molar-refractivity contribution in [3.8, 4) is 0 Å². The number of nitrogens with zero attached hydrogens (tertiary/aromatic N) is 2. The van der Waals surface area contributed by atoms with Crippen molar-refractivity contribution < 1.29 is 9.53 Å². The van der Waals surface area contributed by atoms with Crippen molar-refractivity contribution >= 4 is 11.9 Å². The van der Waals surface area contributed by atoms with Crippen LogP contribution in [0.2, 0.25) is 0 Å². The van der Waals surface area contributed by atoms with E-state index in [9.17, 15) is 4.79 Å². The first kappa shape index (κ1) is 12.0. The van der Waals surface area contributed by atoms with Crippen LogP contribution in [0.5, 0.6) is 0 Å². The monoisotopic (exact) mass is 246 g/mol. The molecule has 18 heavy (non-hydrogen) atoms. The summed E-state index contributed by atoms with van der Waals surface area (Å²) in [7, 11) is 0. The minimum Gasteiger partial charge on any atom is -0.444 e. The predicted molar refractivity (Wildman–Crippen MR) is 67.2 cm³/mol. The summed E-state index contributed by atoms with van der Waals surface area (Å²) < 4.78 is 5.13. The first-order chi connectivity index (χ1) is 8.66. The molecule has 0 aliphatic carbocycles. The van der Waals surface area contributed by atoms with Crippen molar-refractivity contribution in [2.45, 2.75) is 6.61 Å². The number of ether oxygens (including phenoxy) is 1. The van der Waals surface area contributed by atoms with Crippen LogP contribution < -0.4 is 11.5 Å². The molecule has 0 fully saturated rings. The van der Waals surface area contributed by atoms with E-state index < -0.39 is 6.09 Å². The average molecular weight is 246 g/mol. The van der Waals surface area contributed by atoms with Gasteiger partial charge in [0.25, 0.3) is 0 Å². The third-order valence-electron chi connectivity index (χ3n) is 2.43. The Bertz CT molecular complexity index is 496. The maximum absolute atomic E-state index is 11.8. The lowest BCUT2D eigenvalue weighted by molar-refractivity contribution is 0.107. The zero-order valence-electron chi connectivity index (χ0n) is 9.74. The van der Waals surface area contributed by atoms with Gasteiger partial charge in [-0.1, -0.05) is 30.3 Å². The fourth-order valence-electron chi connectivity index (χ4n) is 1.47. The molecule has 0 atom stereocenters. The van der Waals surface area contributed by atoms with Crippen LogP contribution in [-0.2, 0) is 11.3 Å². The van der Waals surface area contributed by atoms with Gasteiger partial charge in [-0.05, 0) is 5.56 Å². The average Bonchev–Trinajstić information content (AvgIpc) is 2.37. The number of rotatable bonds is 2. The molecular weight excluding hydrogens is 232 g/mol. The third kappa shape index (κ3) is 2.79. The smallest absolute Gasteiger partial charge is 0.417 e. The molecular formula is C12H14N4O2. The van der Waals surface area contributed by atoms with Gasteiger partial charge in [0.15, 0.2) is 0 Å². The number of hydrogen-bond acceptors (Lipinski definition) is 5. The van der Waals surface area contributed by atoms with Crippen molar-refractivity contribution in [2.75, 3.05) is 6.67 Å². The molecule has 1 aliphatic rings. The van der Waals surface area contributed by atoms with Gasteiger partial charge in [-0.15, -0.1) is 0 Å². The number of carbonyl (C=O) groups is 1. The molecule has 0 spiro atoms. The van der Waals surface area contributed by atoms with Crippen LogP contribution in [0.15, 0.2) is 47.2 Å². The maximum atomic E-state index is 11.8. The van der Waals surface area contributed by atoms with Crippen molar-refractivity contribution in [3.63, 3.8) is 0 Å². The Balaban J connectivity index is 1.92. The highest BCUT2D eigenvalue weighted by molar-refractivity contribution is 5.93. The van der Waals surface area contributed by atoms with Crippen molar-refractivity contribution in [1.82, 2.24) is 4.90 Å². The molecule has 0 unspecified atom stereocenters. The van der Waals surface area contributed by atoms with Crippen LogP contribution >= 0.6 is 0 Å². The zero-order valence-corrected chi connectivity index (χ0v) is 9.74. The molecule has 4 N–H and O–H groups in total. The molecule has 94 valence electrons. The number of hydrogen-bond donors (Lipinski definition) is 2. The second kappa shape index (κ2) is 5.22. The van der Waals surface area contributed by atoms with E-state index in [-0.39, 0.29) is 19.1 Å². The number of amidine groups is 1. The number of carbonyl (C=O) groups excluding carboxylic acids is 1. The summed E-state index contributed by atoms with van der Waals surface area (Å²) in [6, 6.07) is 9.40. The number of benzene rings is 1. The van der Waals surface area contributed by atoms with Crippen molar-refractivity contribution in [1.29, 1.82) is 0 Å². The van der Waals surface area contributed by atoms with Gasteiger partial charge in [0.2, 0.25) is 0 Å². The summed E-state index contributed by atoms with van der Waals surface area (Å²) in [4.78, 5) is 16.9. The first-order valence-electron chi connectivity index (χ1n) is 5.42. The molecule has 0 radical (unpaired) electrons. The van der Waals surface area contributed by atoms with Crippen LogP contribution in [0, 0.1) is 0 Å². The van der Waals surface area contributed by atoms with E-state index in [0.717, 1.165) is 5.56 Å². The van der Waals surface area contributed by atoms with E-state index in [1.807, 2.05) is 30.3 Å². The van der Waals surface area contributed by atoms with Crippen molar-refractivity contribution in [2.24, 2.45) is 16.5 Å². The Morgan fingerprint density at radius 2 is 2.06 bits per heavy atom. The molecule has 1 aromatic rings. The molecule has 0 bridgehead atoms. The molecule has 0 aromatic heterocycles. The Labute approximate surface area is 105 Å². The summed E-state index contributed by atoms with van der Waals surface area (Å²) in [5.74, 6) is 0.542. The minimum absolute atomic E-state index is 0.0851. The van der Waals surface area contributed by atoms with Gasteiger partial charge in [0, 0.05) is 6.08 Å². The van der Waals surface area contributed by atoms with E-state index >= 15 is 0 Å². The summed E-state index contributed by atoms with van der Waals surface area (Å²) in [5.41, 5.74) is 12.0. The fourth-order valence-corrected chi connectivity index (χ4v) is 1.47. The normalized spacial score (nSPS) is 14.8. The second-order valence-corrected chi connectivity index (χ2v) is 3.76. The SMILES string of the molecule is NC1=CC(N)=NCN1C(=O)OCc1ccccc1. The Morgan fingerprint density at radius 1 is 1.33 bits per heavy atom. The molecule has 2 rings (SSSR count). The summed E-state index contributed by atoms with van der Waals surface area (Å²) >= 11 is 0. The molecule has 6 heteroatoms. The molecule has 1 aliphatic heterocycles. The van der Waals surface area contributed by atoms with Crippen LogP contribution in [0.1, 0.15) is 5.56 Å². The molecule has 1 amide bonds. The van der Waals surface area contributed by atoms with Gasteiger partial charge in [0.1, 0.15) is 24.9 Å². The lowest BCUT2D eigenvalue weighted by Crippen LogP contribution is -2.38. The standard InChI is InChI=1S/C12H14N4O2/c13-10-6-11(14)16(8-15-10)12(17)18-7-9-4-2-1-3-5-9/h1-6H,7-8,14H2,(H2,13,15). The first-order valence-corrected chi connectivity index (χ1v) is 5.42. The minimum atomic E-state index is -0.538. The van der Waals surface area contributed by atoms with Crippen LogP contribution in [-0.4, -0.2) is 23.5 Å². The highest BCUT2D eigenvalue weighted by Gasteiger charge is 2.20. The summed E-state index contributed by atoms with van der Waals surface area (Å²) in [6.07, 6.45) is 0.886. The summed E-state index contributed by atoms with van der Waals surface area (Å²) in [5, 5.41) is 0. The zero-order chi connectivity index (χ0) is 13.0. The van der Waals surface area contributed by atoms with E-state index in [1.165, 1.54) is 11.0 Å². The molecule has 6 nitrogen and oxygen atoms in total. The predicted octanol–water partition coefficient (Wildman–Crippen LogP) is 0.754. The number of amides is 1. The van der Waals surface area contributed by atoms with Gasteiger partial charge in [-0.3, -0.25) is 0 Å². The highest BCUT2D eigenvalue weighted by Crippen LogP contribution is 2.08. The van der Waals surface area contributed by atoms with Crippen LogP contribution in [0.3, 0.4) is 0 Å². The molecule has 1 aromatic carbocycles. The molecule has 0 saturated heterocycles. The van der Waals surface area contributed by atoms with E-state index in [1.54, 1.807) is 0 Å².